The number of carbonyl (C=O) groups is 1. The lowest BCUT2D eigenvalue weighted by Gasteiger charge is -2.10. The van der Waals surface area contributed by atoms with Crippen molar-refractivity contribution in [3.05, 3.63) is 35.4 Å². The highest BCUT2D eigenvalue weighted by Gasteiger charge is 2.26. The minimum atomic E-state index is -4.30. The third-order valence-electron chi connectivity index (χ3n) is 2.35. The molecule has 0 unspecified atom stereocenters. The molecule has 18 heavy (non-hydrogen) atoms. The van der Waals surface area contributed by atoms with E-state index in [1.807, 2.05) is 36.5 Å². The molecule has 0 bridgehead atoms. The molecule has 1 aromatic rings. The van der Waals surface area contributed by atoms with E-state index in [1.54, 1.807) is 0 Å². The van der Waals surface area contributed by atoms with Crippen molar-refractivity contribution in [2.45, 2.75) is 19.6 Å². The summed E-state index contributed by atoms with van der Waals surface area (Å²) in [5.74, 6) is -0.456. The minimum Gasteiger partial charge on any atom is -0.351 e. The van der Waals surface area contributed by atoms with Gasteiger partial charge in [0.1, 0.15) is 0 Å². The number of amides is 1. The van der Waals surface area contributed by atoms with E-state index in [4.69, 9.17) is 0 Å². The second kappa shape index (κ2) is 6.39. The minimum absolute atomic E-state index is 0.319. The molecule has 0 saturated heterocycles. The lowest BCUT2D eigenvalue weighted by Crippen LogP contribution is -2.38. The summed E-state index contributed by atoms with van der Waals surface area (Å²) in [4.78, 5) is 11.3. The summed E-state index contributed by atoms with van der Waals surface area (Å²) in [6, 6.07) is 7.49. The van der Waals surface area contributed by atoms with Crippen molar-refractivity contribution in [2.24, 2.45) is 0 Å². The summed E-state index contributed by atoms with van der Waals surface area (Å²) in [7, 11) is 0. The number of alkyl halides is 3. The highest BCUT2D eigenvalue weighted by atomic mass is 19.4. The molecule has 3 nitrogen and oxygen atoms in total. The van der Waals surface area contributed by atoms with E-state index >= 15 is 0 Å². The zero-order valence-corrected chi connectivity index (χ0v) is 9.97. The van der Waals surface area contributed by atoms with E-state index in [9.17, 15) is 18.0 Å². The van der Waals surface area contributed by atoms with Gasteiger partial charge in [-0.3, -0.25) is 4.79 Å². The monoisotopic (exact) mass is 260 g/mol. The molecule has 0 fully saturated rings. The van der Waals surface area contributed by atoms with Crippen LogP contribution in [0.2, 0.25) is 0 Å². The van der Waals surface area contributed by atoms with Crippen molar-refractivity contribution in [1.29, 1.82) is 0 Å². The first-order valence-electron chi connectivity index (χ1n) is 5.47. The standard InChI is InChI=1S/C12H15F3N2O/c1-9-4-2-3-5-10(9)6-17-11(18)7-16-8-12(13,14)15/h2-5,16H,6-8H2,1H3,(H,17,18). The molecule has 100 valence electrons. The van der Waals surface area contributed by atoms with Crippen LogP contribution in [0.3, 0.4) is 0 Å². The summed E-state index contributed by atoms with van der Waals surface area (Å²) in [6.07, 6.45) is -4.30. The molecule has 0 spiro atoms. The van der Waals surface area contributed by atoms with E-state index in [0.717, 1.165) is 11.1 Å². The first kappa shape index (κ1) is 14.5. The number of halogens is 3. The fourth-order valence-corrected chi connectivity index (χ4v) is 1.38. The second-order valence-corrected chi connectivity index (χ2v) is 3.92. The molecular weight excluding hydrogens is 245 g/mol. The van der Waals surface area contributed by atoms with Crippen LogP contribution in [0.4, 0.5) is 13.2 Å². The van der Waals surface area contributed by atoms with Crippen molar-refractivity contribution >= 4 is 5.91 Å². The van der Waals surface area contributed by atoms with Gasteiger partial charge < -0.3 is 10.6 Å². The Morgan fingerprint density at radius 3 is 2.56 bits per heavy atom. The van der Waals surface area contributed by atoms with Crippen LogP contribution in [-0.2, 0) is 11.3 Å². The number of benzene rings is 1. The van der Waals surface area contributed by atoms with Crippen LogP contribution in [0.1, 0.15) is 11.1 Å². The van der Waals surface area contributed by atoms with Crippen LogP contribution < -0.4 is 10.6 Å². The van der Waals surface area contributed by atoms with Crippen molar-refractivity contribution < 1.29 is 18.0 Å². The Kier molecular flexibility index (Phi) is 5.15. The molecule has 0 heterocycles. The Hall–Kier alpha value is -1.56. The van der Waals surface area contributed by atoms with Crippen molar-refractivity contribution in [3.8, 4) is 0 Å². The molecule has 6 heteroatoms. The third kappa shape index (κ3) is 5.67. The average molecular weight is 260 g/mol. The average Bonchev–Trinajstić information content (AvgIpc) is 2.26. The Balaban J connectivity index is 2.28. The summed E-state index contributed by atoms with van der Waals surface area (Å²) >= 11 is 0. The van der Waals surface area contributed by atoms with Gasteiger partial charge in [0.05, 0.1) is 13.1 Å². The zero-order valence-electron chi connectivity index (χ0n) is 9.97. The number of nitrogens with one attached hydrogen (secondary N) is 2. The van der Waals surface area contributed by atoms with Crippen LogP contribution in [-0.4, -0.2) is 25.2 Å². The number of aryl methyl sites for hydroxylation is 1. The Labute approximate surface area is 103 Å². The maximum Gasteiger partial charge on any atom is 0.401 e. The summed E-state index contributed by atoms with van der Waals surface area (Å²) in [5.41, 5.74) is 1.97. The summed E-state index contributed by atoms with van der Waals surface area (Å²) < 4.78 is 35.4. The number of hydrogen-bond donors (Lipinski definition) is 2. The van der Waals surface area contributed by atoms with Gasteiger partial charge in [-0.15, -0.1) is 0 Å². The highest BCUT2D eigenvalue weighted by Crippen LogP contribution is 2.11. The first-order chi connectivity index (χ1) is 8.38. The quantitative estimate of drug-likeness (QED) is 0.847. The largest absolute Gasteiger partial charge is 0.401 e. The van der Waals surface area contributed by atoms with Gasteiger partial charge >= 0.3 is 6.18 Å². The lowest BCUT2D eigenvalue weighted by atomic mass is 10.1. The maximum atomic E-state index is 11.8. The van der Waals surface area contributed by atoms with Crippen LogP contribution in [0.5, 0.6) is 0 Å². The van der Waals surface area contributed by atoms with Gasteiger partial charge in [0.2, 0.25) is 5.91 Å². The van der Waals surface area contributed by atoms with E-state index in [0.29, 0.717) is 6.54 Å². The van der Waals surface area contributed by atoms with E-state index in [2.05, 4.69) is 5.32 Å². The van der Waals surface area contributed by atoms with Crippen LogP contribution >= 0.6 is 0 Å². The normalized spacial score (nSPS) is 11.3. The SMILES string of the molecule is Cc1ccccc1CNC(=O)CNCC(F)(F)F. The molecule has 0 radical (unpaired) electrons. The van der Waals surface area contributed by atoms with E-state index in [1.165, 1.54) is 0 Å². The Morgan fingerprint density at radius 1 is 1.28 bits per heavy atom. The molecule has 1 rings (SSSR count). The lowest BCUT2D eigenvalue weighted by molar-refractivity contribution is -0.128. The van der Waals surface area contributed by atoms with Gasteiger partial charge in [-0.25, -0.2) is 0 Å². The zero-order chi connectivity index (χ0) is 13.6. The fraction of sp³-hybridized carbons (Fsp3) is 0.417. The van der Waals surface area contributed by atoms with Gasteiger partial charge in [0.25, 0.3) is 0 Å². The fourth-order valence-electron chi connectivity index (χ4n) is 1.38. The summed E-state index contributed by atoms with van der Waals surface area (Å²) in [5, 5.41) is 4.60. The predicted octanol–water partition coefficient (Wildman–Crippen LogP) is 1.76. The van der Waals surface area contributed by atoms with Gasteiger partial charge in [-0.1, -0.05) is 24.3 Å². The number of rotatable bonds is 5. The molecule has 1 aromatic carbocycles. The molecule has 0 aliphatic rings. The third-order valence-corrected chi connectivity index (χ3v) is 2.35. The summed E-state index contributed by atoms with van der Waals surface area (Å²) in [6.45, 7) is 0.721. The van der Waals surface area contributed by atoms with Crippen LogP contribution in [0, 0.1) is 6.92 Å². The van der Waals surface area contributed by atoms with Gasteiger partial charge in [-0.2, -0.15) is 13.2 Å². The number of carbonyl (C=O) groups excluding carboxylic acids is 1. The topological polar surface area (TPSA) is 41.1 Å². The van der Waals surface area contributed by atoms with Crippen molar-refractivity contribution in [2.75, 3.05) is 13.1 Å². The Bertz CT molecular complexity index is 405. The molecule has 2 N–H and O–H groups in total. The second-order valence-electron chi connectivity index (χ2n) is 3.92. The van der Waals surface area contributed by atoms with Crippen LogP contribution in [0.25, 0.3) is 0 Å². The predicted molar refractivity (Wildman–Crippen MR) is 62.0 cm³/mol. The highest BCUT2D eigenvalue weighted by molar-refractivity contribution is 5.78. The molecule has 0 aromatic heterocycles. The Morgan fingerprint density at radius 2 is 1.94 bits per heavy atom. The van der Waals surface area contributed by atoms with Gasteiger partial charge in [0.15, 0.2) is 0 Å². The molecule has 0 atom stereocenters. The molecule has 0 aliphatic heterocycles. The van der Waals surface area contributed by atoms with E-state index in [-0.39, 0.29) is 6.54 Å². The molecule has 0 aliphatic carbocycles. The molecule has 1 amide bonds. The molecular formula is C12H15F3N2O. The van der Waals surface area contributed by atoms with Gasteiger partial charge in [-0.05, 0) is 18.1 Å². The van der Waals surface area contributed by atoms with Crippen molar-refractivity contribution in [1.82, 2.24) is 10.6 Å². The van der Waals surface area contributed by atoms with Crippen molar-refractivity contribution in [3.63, 3.8) is 0 Å². The maximum absolute atomic E-state index is 11.8. The van der Waals surface area contributed by atoms with Crippen LogP contribution in [0.15, 0.2) is 24.3 Å². The number of hydrogen-bond acceptors (Lipinski definition) is 2. The molecule has 0 saturated carbocycles. The van der Waals surface area contributed by atoms with E-state index < -0.39 is 18.6 Å². The smallest absolute Gasteiger partial charge is 0.351 e. The first-order valence-corrected chi connectivity index (χ1v) is 5.47. The van der Waals surface area contributed by atoms with Gasteiger partial charge in [0, 0.05) is 6.54 Å².